The van der Waals surface area contributed by atoms with Crippen molar-refractivity contribution >= 4 is 10.8 Å². The highest BCUT2D eigenvalue weighted by Crippen LogP contribution is 2.20. The van der Waals surface area contributed by atoms with Gasteiger partial charge in [-0.05, 0) is 31.9 Å². The highest BCUT2D eigenvalue weighted by molar-refractivity contribution is 7.86. The van der Waals surface area contributed by atoms with E-state index in [2.05, 4.69) is 0 Å². The van der Waals surface area contributed by atoms with Crippen LogP contribution >= 0.6 is 0 Å². The second-order valence-electron chi connectivity index (χ2n) is 5.09. The third-order valence-corrected chi connectivity index (χ3v) is 4.58. The summed E-state index contributed by atoms with van der Waals surface area (Å²) in [4.78, 5) is 0. The molecule has 2 atom stereocenters. The minimum absolute atomic E-state index is 0.269. The topological polar surface area (TPSA) is 63.3 Å². The first kappa shape index (κ1) is 14.4. The fraction of sp³-hybridized carbons (Fsp3) is 0.538. The van der Waals surface area contributed by atoms with Gasteiger partial charge >= 0.3 is 0 Å². The van der Waals surface area contributed by atoms with Gasteiger partial charge < -0.3 is 10.8 Å². The lowest BCUT2D eigenvalue weighted by Gasteiger charge is -2.20. The smallest absolute Gasteiger partial charge is 0.0905 e. The lowest BCUT2D eigenvalue weighted by atomic mass is 10.1. The van der Waals surface area contributed by atoms with Gasteiger partial charge in [0.05, 0.1) is 11.9 Å². The van der Waals surface area contributed by atoms with E-state index in [0.717, 1.165) is 11.1 Å². The molecule has 0 radical (unpaired) electrons. The molecule has 1 aromatic carbocycles. The molecule has 0 saturated heterocycles. The maximum Gasteiger partial charge on any atom is 0.0905 e. The molecule has 2 unspecified atom stereocenters. The summed E-state index contributed by atoms with van der Waals surface area (Å²) in [6.07, 6.45) is -0.679. The number of hydrogen-bond acceptors (Lipinski definition) is 3. The van der Waals surface area contributed by atoms with Crippen molar-refractivity contribution in [3.63, 3.8) is 0 Å². The van der Waals surface area contributed by atoms with Crippen LogP contribution in [0.25, 0.3) is 0 Å². The molecule has 0 aliphatic carbocycles. The fourth-order valence-corrected chi connectivity index (χ4v) is 2.34. The first-order valence-corrected chi connectivity index (χ1v) is 7.02. The monoisotopic (exact) mass is 255 g/mol. The van der Waals surface area contributed by atoms with Crippen LogP contribution in [-0.2, 0) is 17.3 Å². The second kappa shape index (κ2) is 5.76. The van der Waals surface area contributed by atoms with Crippen LogP contribution in [0.1, 0.15) is 38.0 Å². The van der Waals surface area contributed by atoms with Crippen molar-refractivity contribution in [3.05, 3.63) is 35.4 Å². The summed E-state index contributed by atoms with van der Waals surface area (Å²) in [7, 11) is -1.05. The highest BCUT2D eigenvalue weighted by atomic mass is 32.2. The molecule has 0 aliphatic heterocycles. The van der Waals surface area contributed by atoms with E-state index in [0.29, 0.717) is 6.54 Å². The van der Waals surface area contributed by atoms with Crippen molar-refractivity contribution in [2.75, 3.05) is 5.75 Å². The van der Waals surface area contributed by atoms with E-state index in [1.165, 1.54) is 0 Å². The molecule has 3 nitrogen and oxygen atoms in total. The molecule has 3 N–H and O–H groups in total. The van der Waals surface area contributed by atoms with Gasteiger partial charge in [0.2, 0.25) is 0 Å². The summed E-state index contributed by atoms with van der Waals surface area (Å²) in [5, 5.41) is 9.99. The number of hydrogen-bond donors (Lipinski definition) is 2. The van der Waals surface area contributed by atoms with Gasteiger partial charge in [0.15, 0.2) is 0 Å². The van der Waals surface area contributed by atoms with Crippen LogP contribution in [0.3, 0.4) is 0 Å². The first-order chi connectivity index (χ1) is 7.84. The third-order valence-electron chi connectivity index (χ3n) is 2.59. The van der Waals surface area contributed by atoms with Crippen LogP contribution in [0, 0.1) is 0 Å². The van der Waals surface area contributed by atoms with Crippen LogP contribution in [0.4, 0.5) is 0 Å². The van der Waals surface area contributed by atoms with E-state index in [-0.39, 0.29) is 10.5 Å². The van der Waals surface area contributed by atoms with Crippen molar-refractivity contribution in [2.24, 2.45) is 5.73 Å². The van der Waals surface area contributed by atoms with Crippen LogP contribution in [0.2, 0.25) is 0 Å². The predicted molar refractivity (Wildman–Crippen MR) is 72.1 cm³/mol. The van der Waals surface area contributed by atoms with Gasteiger partial charge in [-0.15, -0.1) is 0 Å². The minimum atomic E-state index is -1.05. The molecule has 0 aromatic heterocycles. The quantitative estimate of drug-likeness (QED) is 0.861. The van der Waals surface area contributed by atoms with Gasteiger partial charge in [0, 0.05) is 22.1 Å². The van der Waals surface area contributed by atoms with Crippen molar-refractivity contribution in [3.8, 4) is 0 Å². The summed E-state index contributed by atoms with van der Waals surface area (Å²) in [5.74, 6) is 0.269. The highest BCUT2D eigenvalue weighted by Gasteiger charge is 2.22. The predicted octanol–water partition coefficient (Wildman–Crippen LogP) is 1.73. The zero-order valence-corrected chi connectivity index (χ0v) is 11.5. The SMILES string of the molecule is CC(C)(C)S(=O)CC(O)c1ccc(CN)cc1. The molecular formula is C13H21NO2S. The van der Waals surface area contributed by atoms with Gasteiger partial charge in [-0.25, -0.2) is 0 Å². The third kappa shape index (κ3) is 4.22. The van der Waals surface area contributed by atoms with E-state index in [4.69, 9.17) is 5.73 Å². The van der Waals surface area contributed by atoms with Gasteiger partial charge in [0.25, 0.3) is 0 Å². The Balaban J connectivity index is 2.70. The van der Waals surface area contributed by atoms with Crippen LogP contribution < -0.4 is 5.73 Å². The average Bonchev–Trinajstić information content (AvgIpc) is 2.27. The summed E-state index contributed by atoms with van der Waals surface area (Å²) < 4.78 is 11.6. The van der Waals surface area contributed by atoms with Crippen LogP contribution in [0.15, 0.2) is 24.3 Å². The number of nitrogens with two attached hydrogens (primary N) is 1. The standard InChI is InChI=1S/C13H21NO2S/c1-13(2,3)17(16)9-12(15)11-6-4-10(8-14)5-7-11/h4-7,12,15H,8-9,14H2,1-3H3. The van der Waals surface area contributed by atoms with Gasteiger partial charge in [-0.2, -0.15) is 0 Å². The Labute approximate surface area is 105 Å². The van der Waals surface area contributed by atoms with Crippen LogP contribution in [0.5, 0.6) is 0 Å². The van der Waals surface area contributed by atoms with Crippen LogP contribution in [-0.4, -0.2) is 19.8 Å². The molecule has 17 heavy (non-hydrogen) atoms. The lowest BCUT2D eigenvalue weighted by molar-refractivity contribution is 0.202. The first-order valence-electron chi connectivity index (χ1n) is 5.70. The Kier molecular flexibility index (Phi) is 4.86. The number of benzene rings is 1. The molecule has 0 heterocycles. The van der Waals surface area contributed by atoms with E-state index in [9.17, 15) is 9.32 Å². The average molecular weight is 255 g/mol. The van der Waals surface area contributed by atoms with E-state index < -0.39 is 16.9 Å². The molecule has 1 rings (SSSR count). The van der Waals surface area contributed by atoms with E-state index >= 15 is 0 Å². The molecule has 0 fully saturated rings. The van der Waals surface area contributed by atoms with Gasteiger partial charge in [0.1, 0.15) is 0 Å². The van der Waals surface area contributed by atoms with Gasteiger partial charge in [-0.3, -0.25) is 4.21 Å². The number of aliphatic hydroxyl groups excluding tert-OH is 1. The molecule has 4 heteroatoms. The van der Waals surface area contributed by atoms with Gasteiger partial charge in [-0.1, -0.05) is 24.3 Å². The molecule has 0 saturated carbocycles. The Morgan fingerprint density at radius 1 is 1.29 bits per heavy atom. The molecule has 0 amide bonds. The molecule has 96 valence electrons. The van der Waals surface area contributed by atoms with Crippen molar-refractivity contribution < 1.29 is 9.32 Å². The summed E-state index contributed by atoms with van der Waals surface area (Å²) in [5.41, 5.74) is 7.32. The maximum absolute atomic E-state index is 11.9. The summed E-state index contributed by atoms with van der Waals surface area (Å²) in [6.45, 7) is 6.22. The zero-order valence-electron chi connectivity index (χ0n) is 10.6. The zero-order chi connectivity index (χ0) is 13.1. The Bertz CT molecular complexity index is 381. The molecular weight excluding hydrogens is 234 g/mol. The molecule has 0 bridgehead atoms. The summed E-state index contributed by atoms with van der Waals surface area (Å²) >= 11 is 0. The summed E-state index contributed by atoms with van der Waals surface area (Å²) in [6, 6.07) is 7.45. The largest absolute Gasteiger partial charge is 0.387 e. The van der Waals surface area contributed by atoms with Crippen molar-refractivity contribution in [1.82, 2.24) is 0 Å². The molecule has 0 aliphatic rings. The van der Waals surface area contributed by atoms with Crippen molar-refractivity contribution in [1.29, 1.82) is 0 Å². The van der Waals surface area contributed by atoms with Crippen molar-refractivity contribution in [2.45, 2.75) is 38.2 Å². The minimum Gasteiger partial charge on any atom is -0.387 e. The number of aliphatic hydroxyl groups is 1. The maximum atomic E-state index is 11.9. The second-order valence-corrected chi connectivity index (χ2v) is 7.34. The lowest BCUT2D eigenvalue weighted by Crippen LogP contribution is -2.26. The molecule has 1 aromatic rings. The normalized spacial score (nSPS) is 15.6. The molecule has 0 spiro atoms. The Hall–Kier alpha value is -0.710. The fourth-order valence-electron chi connectivity index (χ4n) is 1.37. The van der Waals surface area contributed by atoms with E-state index in [1.54, 1.807) is 0 Å². The Morgan fingerprint density at radius 2 is 1.82 bits per heavy atom. The van der Waals surface area contributed by atoms with E-state index in [1.807, 2.05) is 45.0 Å². The number of rotatable bonds is 4. The Morgan fingerprint density at radius 3 is 2.24 bits per heavy atom.